The average Bonchev–Trinajstić information content (AvgIpc) is 2.89. The van der Waals surface area contributed by atoms with E-state index in [9.17, 15) is 4.79 Å². The Morgan fingerprint density at radius 3 is 2.29 bits per heavy atom. The second-order valence-corrected chi connectivity index (χ2v) is 8.20. The normalized spacial score (nSPS) is 11.2. The summed E-state index contributed by atoms with van der Waals surface area (Å²) in [5, 5.41) is 3.35. The number of rotatable bonds is 10. The van der Waals surface area contributed by atoms with Gasteiger partial charge in [0.15, 0.2) is 0 Å². The van der Waals surface area contributed by atoms with Gasteiger partial charge in [-0.25, -0.2) is 4.98 Å². The number of methoxy groups -OCH3 is 2. The summed E-state index contributed by atoms with van der Waals surface area (Å²) in [5.74, 6) is 2.20. The summed E-state index contributed by atoms with van der Waals surface area (Å²) in [6.45, 7) is 3.07. The lowest BCUT2D eigenvalue weighted by molar-refractivity contribution is 0.409. The number of pyridine rings is 1. The third-order valence-electron chi connectivity index (χ3n) is 5.81. The Morgan fingerprint density at radius 2 is 1.60 bits per heavy atom. The van der Waals surface area contributed by atoms with Crippen LogP contribution in [0.2, 0.25) is 0 Å². The molecule has 0 saturated heterocycles. The van der Waals surface area contributed by atoms with Crippen LogP contribution in [0.3, 0.4) is 0 Å². The van der Waals surface area contributed by atoms with Crippen LogP contribution in [0.5, 0.6) is 11.5 Å². The van der Waals surface area contributed by atoms with Crippen molar-refractivity contribution in [3.8, 4) is 11.5 Å². The molecule has 0 bridgehead atoms. The summed E-state index contributed by atoms with van der Waals surface area (Å²) in [5.41, 5.74) is 4.02. The van der Waals surface area contributed by atoms with Gasteiger partial charge in [0, 0.05) is 25.5 Å². The van der Waals surface area contributed by atoms with E-state index in [-0.39, 0.29) is 5.56 Å². The fourth-order valence-corrected chi connectivity index (χ4v) is 3.99. The monoisotopic (exact) mass is 470 g/mol. The van der Waals surface area contributed by atoms with Gasteiger partial charge in [-0.15, -0.1) is 0 Å². The molecule has 0 aliphatic heterocycles. The Morgan fingerprint density at radius 1 is 0.943 bits per heavy atom. The van der Waals surface area contributed by atoms with Crippen molar-refractivity contribution in [3.05, 3.63) is 99.5 Å². The largest absolute Gasteiger partial charge is 0.496 e. The van der Waals surface area contributed by atoms with Crippen molar-refractivity contribution in [2.24, 2.45) is 4.99 Å². The summed E-state index contributed by atoms with van der Waals surface area (Å²) in [6, 6.07) is 19.6. The second kappa shape index (κ2) is 11.3. The summed E-state index contributed by atoms with van der Waals surface area (Å²) >= 11 is 0. The SMILES string of the molecule is COc1ccccc1CCN=Cc1c(NCCc2ccccc2OC)nc2ccc(C)cn2c1=O. The van der Waals surface area contributed by atoms with Gasteiger partial charge in [-0.2, -0.15) is 0 Å². The van der Waals surface area contributed by atoms with Crippen LogP contribution in [0, 0.1) is 6.92 Å². The predicted octanol–water partition coefficient (Wildman–Crippen LogP) is 4.34. The molecule has 2 aromatic heterocycles. The number of hydrogen-bond donors (Lipinski definition) is 1. The summed E-state index contributed by atoms with van der Waals surface area (Å²) in [7, 11) is 3.33. The third kappa shape index (κ3) is 5.69. The molecular formula is C28H30N4O3. The number of aliphatic imine (C=N–C) groups is 1. The van der Waals surface area contributed by atoms with Crippen LogP contribution in [-0.2, 0) is 12.8 Å². The molecule has 0 aliphatic rings. The minimum Gasteiger partial charge on any atom is -0.496 e. The third-order valence-corrected chi connectivity index (χ3v) is 5.81. The molecule has 0 saturated carbocycles. The highest BCUT2D eigenvalue weighted by Crippen LogP contribution is 2.19. The van der Waals surface area contributed by atoms with Crippen LogP contribution in [-0.4, -0.2) is 42.9 Å². The van der Waals surface area contributed by atoms with Gasteiger partial charge >= 0.3 is 0 Å². The van der Waals surface area contributed by atoms with Gasteiger partial charge in [-0.05, 0) is 54.7 Å². The topological polar surface area (TPSA) is 77.2 Å². The fourth-order valence-electron chi connectivity index (χ4n) is 3.99. The quantitative estimate of drug-likeness (QED) is 0.349. The molecule has 180 valence electrons. The number of nitrogens with one attached hydrogen (secondary N) is 1. The van der Waals surface area contributed by atoms with Crippen molar-refractivity contribution in [2.45, 2.75) is 19.8 Å². The molecular weight excluding hydrogens is 440 g/mol. The van der Waals surface area contributed by atoms with Crippen LogP contribution >= 0.6 is 0 Å². The molecule has 2 aromatic carbocycles. The van der Waals surface area contributed by atoms with Crippen LogP contribution in [0.25, 0.3) is 5.65 Å². The molecule has 0 atom stereocenters. The molecule has 2 heterocycles. The fraction of sp³-hybridized carbons (Fsp3) is 0.250. The van der Waals surface area contributed by atoms with E-state index in [1.54, 1.807) is 31.0 Å². The van der Waals surface area contributed by atoms with Gasteiger partial charge in [0.1, 0.15) is 28.5 Å². The zero-order valence-corrected chi connectivity index (χ0v) is 20.3. The number of fused-ring (bicyclic) bond motifs is 1. The van der Waals surface area contributed by atoms with Crippen LogP contribution < -0.4 is 20.3 Å². The van der Waals surface area contributed by atoms with E-state index in [0.29, 0.717) is 36.5 Å². The zero-order chi connectivity index (χ0) is 24.6. The highest BCUT2D eigenvalue weighted by atomic mass is 16.5. The molecule has 1 N–H and O–H groups in total. The van der Waals surface area contributed by atoms with E-state index in [0.717, 1.165) is 34.6 Å². The van der Waals surface area contributed by atoms with Gasteiger partial charge in [0.25, 0.3) is 5.56 Å². The highest BCUT2D eigenvalue weighted by molar-refractivity contribution is 5.86. The smallest absolute Gasteiger partial charge is 0.268 e. The number of nitrogens with zero attached hydrogens (tertiary/aromatic N) is 3. The first-order chi connectivity index (χ1) is 17.1. The Labute approximate surface area is 205 Å². The van der Waals surface area contributed by atoms with Crippen LogP contribution in [0.4, 0.5) is 5.82 Å². The van der Waals surface area contributed by atoms with Gasteiger partial charge in [-0.3, -0.25) is 14.2 Å². The number of aromatic nitrogens is 2. The molecule has 7 nitrogen and oxygen atoms in total. The molecule has 0 unspecified atom stereocenters. The maximum absolute atomic E-state index is 13.4. The van der Waals surface area contributed by atoms with Crippen molar-refractivity contribution in [1.29, 1.82) is 0 Å². The predicted molar refractivity (Wildman–Crippen MR) is 141 cm³/mol. The van der Waals surface area contributed by atoms with Crippen molar-refractivity contribution in [3.63, 3.8) is 0 Å². The van der Waals surface area contributed by atoms with Crippen LogP contribution in [0.15, 0.2) is 76.6 Å². The Kier molecular flexibility index (Phi) is 7.77. The van der Waals surface area contributed by atoms with Crippen molar-refractivity contribution >= 4 is 17.7 Å². The second-order valence-electron chi connectivity index (χ2n) is 8.20. The first-order valence-corrected chi connectivity index (χ1v) is 11.6. The Balaban J connectivity index is 1.57. The van der Waals surface area contributed by atoms with Crippen LogP contribution in [0.1, 0.15) is 22.3 Å². The minimum atomic E-state index is -0.153. The van der Waals surface area contributed by atoms with Gasteiger partial charge < -0.3 is 14.8 Å². The molecule has 4 aromatic rings. The van der Waals surface area contributed by atoms with Crippen molar-refractivity contribution < 1.29 is 9.47 Å². The van der Waals surface area contributed by atoms with E-state index < -0.39 is 0 Å². The molecule has 4 rings (SSSR count). The van der Waals surface area contributed by atoms with E-state index in [1.165, 1.54) is 0 Å². The van der Waals surface area contributed by atoms with E-state index in [1.807, 2.05) is 67.6 Å². The Bertz CT molecular complexity index is 1390. The van der Waals surface area contributed by atoms with Gasteiger partial charge in [0.2, 0.25) is 0 Å². The highest BCUT2D eigenvalue weighted by Gasteiger charge is 2.12. The first-order valence-electron chi connectivity index (χ1n) is 11.6. The van der Waals surface area contributed by atoms with Gasteiger partial charge in [-0.1, -0.05) is 42.5 Å². The lowest BCUT2D eigenvalue weighted by atomic mass is 10.1. The van der Waals surface area contributed by atoms with E-state index >= 15 is 0 Å². The number of para-hydroxylation sites is 2. The molecule has 0 fully saturated rings. The average molecular weight is 471 g/mol. The summed E-state index contributed by atoms with van der Waals surface area (Å²) in [4.78, 5) is 22.6. The number of aryl methyl sites for hydroxylation is 1. The standard InChI is InChI=1S/C28H30N4O3/c1-20-12-13-26-31-27(30-17-15-22-9-5-7-11-25(22)35-3)23(28(33)32(26)19-20)18-29-16-14-21-8-4-6-10-24(21)34-2/h4-13,18-19,30H,14-17H2,1-3H3. The molecule has 0 radical (unpaired) electrons. The lowest BCUT2D eigenvalue weighted by Crippen LogP contribution is -2.23. The number of ether oxygens (including phenoxy) is 2. The lowest BCUT2D eigenvalue weighted by Gasteiger charge is -2.12. The molecule has 35 heavy (non-hydrogen) atoms. The summed E-state index contributed by atoms with van der Waals surface area (Å²) in [6.07, 6.45) is 4.86. The Hall–Kier alpha value is -4.13. The number of benzene rings is 2. The molecule has 7 heteroatoms. The molecule has 0 aliphatic carbocycles. The van der Waals surface area contributed by atoms with Crippen molar-refractivity contribution in [2.75, 3.05) is 32.6 Å². The maximum atomic E-state index is 13.4. The minimum absolute atomic E-state index is 0.153. The number of anilines is 1. The summed E-state index contributed by atoms with van der Waals surface area (Å²) < 4.78 is 12.4. The maximum Gasteiger partial charge on any atom is 0.268 e. The molecule has 0 amide bonds. The first kappa shape index (κ1) is 24.0. The zero-order valence-electron chi connectivity index (χ0n) is 20.3. The van der Waals surface area contributed by atoms with Crippen molar-refractivity contribution in [1.82, 2.24) is 9.38 Å². The molecule has 0 spiro atoms. The van der Waals surface area contributed by atoms with Gasteiger partial charge in [0.05, 0.1) is 14.2 Å². The number of hydrogen-bond acceptors (Lipinski definition) is 6. The van der Waals surface area contributed by atoms with E-state index in [4.69, 9.17) is 14.5 Å². The van der Waals surface area contributed by atoms with E-state index in [2.05, 4.69) is 10.3 Å².